The highest BCUT2D eigenvalue weighted by atomic mass is 16.4. The molecule has 3 unspecified atom stereocenters. The summed E-state index contributed by atoms with van der Waals surface area (Å²) >= 11 is 0. The number of nitrogens with zero attached hydrogens (tertiary/aromatic N) is 1. The largest absolute Gasteiger partial charge is 0.480 e. The first-order valence-electron chi connectivity index (χ1n) is 8.42. The Balaban J connectivity index is 2.87. The first kappa shape index (κ1) is 22.3. The van der Waals surface area contributed by atoms with E-state index in [0.717, 1.165) is 0 Å². The predicted molar refractivity (Wildman–Crippen MR) is 90.8 cm³/mol. The van der Waals surface area contributed by atoms with Crippen molar-refractivity contribution in [3.63, 3.8) is 0 Å². The highest BCUT2D eigenvalue weighted by Crippen LogP contribution is 2.19. The standard InChI is InChI=1S/C15H25N5O7/c16-8(7-21)13(25)19-9(3-4-11(17)22)15(27)20-5-1-2-10(20)14(26)18-6-12(23)24/h8-10,21H,1-7,16H2,(H2,17,22)(H,18,26)(H,19,25)(H,23,24). The summed E-state index contributed by atoms with van der Waals surface area (Å²) in [5.74, 6) is -3.90. The van der Waals surface area contributed by atoms with Crippen LogP contribution in [0.4, 0.5) is 0 Å². The van der Waals surface area contributed by atoms with Crippen molar-refractivity contribution in [2.24, 2.45) is 11.5 Å². The van der Waals surface area contributed by atoms with Crippen LogP contribution in [-0.4, -0.2) is 82.5 Å². The van der Waals surface area contributed by atoms with Crippen LogP contribution in [-0.2, 0) is 24.0 Å². The number of aliphatic hydroxyl groups is 1. The van der Waals surface area contributed by atoms with Gasteiger partial charge in [-0.05, 0) is 19.3 Å². The summed E-state index contributed by atoms with van der Waals surface area (Å²) in [5, 5.41) is 22.2. The van der Waals surface area contributed by atoms with Gasteiger partial charge in [0.15, 0.2) is 0 Å². The summed E-state index contributed by atoms with van der Waals surface area (Å²) in [6, 6.07) is -3.28. The van der Waals surface area contributed by atoms with Crippen LogP contribution < -0.4 is 22.1 Å². The number of aliphatic carboxylic acids is 1. The minimum Gasteiger partial charge on any atom is -0.480 e. The lowest BCUT2D eigenvalue weighted by atomic mass is 10.1. The maximum atomic E-state index is 12.8. The van der Waals surface area contributed by atoms with Crippen molar-refractivity contribution in [3.8, 4) is 0 Å². The molecule has 12 heteroatoms. The number of carbonyl (C=O) groups excluding carboxylic acids is 4. The van der Waals surface area contributed by atoms with Crippen LogP contribution in [0.15, 0.2) is 0 Å². The highest BCUT2D eigenvalue weighted by molar-refractivity contribution is 5.94. The number of aliphatic hydroxyl groups excluding tert-OH is 1. The van der Waals surface area contributed by atoms with Gasteiger partial charge in [-0.1, -0.05) is 0 Å². The van der Waals surface area contributed by atoms with Crippen molar-refractivity contribution >= 4 is 29.6 Å². The Morgan fingerprint density at radius 2 is 1.89 bits per heavy atom. The fourth-order valence-electron chi connectivity index (χ4n) is 2.69. The van der Waals surface area contributed by atoms with Crippen molar-refractivity contribution in [1.82, 2.24) is 15.5 Å². The molecule has 1 aliphatic heterocycles. The maximum Gasteiger partial charge on any atom is 0.322 e. The lowest BCUT2D eigenvalue weighted by molar-refractivity contribution is -0.143. The van der Waals surface area contributed by atoms with Crippen LogP contribution in [0.2, 0.25) is 0 Å². The van der Waals surface area contributed by atoms with E-state index >= 15 is 0 Å². The number of nitrogens with one attached hydrogen (secondary N) is 2. The molecule has 4 amide bonds. The Morgan fingerprint density at radius 3 is 2.44 bits per heavy atom. The van der Waals surface area contributed by atoms with Gasteiger partial charge >= 0.3 is 5.97 Å². The number of carboxylic acid groups (broad SMARTS) is 1. The zero-order valence-corrected chi connectivity index (χ0v) is 14.7. The Morgan fingerprint density at radius 1 is 1.22 bits per heavy atom. The molecule has 0 aromatic carbocycles. The van der Waals surface area contributed by atoms with Gasteiger partial charge in [0.05, 0.1) is 6.61 Å². The lowest BCUT2D eigenvalue weighted by Crippen LogP contribution is -2.56. The third-order valence-electron chi connectivity index (χ3n) is 4.08. The topological polar surface area (TPSA) is 205 Å². The average Bonchev–Trinajstić information content (AvgIpc) is 3.11. The maximum absolute atomic E-state index is 12.8. The van der Waals surface area contributed by atoms with E-state index in [0.29, 0.717) is 12.8 Å². The third-order valence-corrected chi connectivity index (χ3v) is 4.08. The van der Waals surface area contributed by atoms with Gasteiger partial charge in [-0.25, -0.2) is 0 Å². The number of carbonyl (C=O) groups is 5. The Kier molecular flexibility index (Phi) is 8.62. The third kappa shape index (κ3) is 6.83. The molecule has 1 heterocycles. The summed E-state index contributed by atoms with van der Waals surface area (Å²) < 4.78 is 0. The molecule has 0 aliphatic carbocycles. The Labute approximate surface area is 155 Å². The minimum absolute atomic E-state index is 0.0992. The molecule has 1 fully saturated rings. The number of nitrogens with two attached hydrogens (primary N) is 2. The van der Waals surface area contributed by atoms with E-state index in [4.69, 9.17) is 21.7 Å². The van der Waals surface area contributed by atoms with E-state index in [1.165, 1.54) is 4.90 Å². The highest BCUT2D eigenvalue weighted by Gasteiger charge is 2.38. The molecule has 3 atom stereocenters. The summed E-state index contributed by atoms with van der Waals surface area (Å²) in [5.41, 5.74) is 10.5. The number of hydrogen-bond donors (Lipinski definition) is 6. The SMILES string of the molecule is NC(=O)CCC(NC(=O)C(N)CO)C(=O)N1CCCC1C(=O)NCC(=O)O. The molecular formula is C15H25N5O7. The van der Waals surface area contributed by atoms with E-state index in [1.807, 2.05) is 0 Å². The minimum atomic E-state index is -1.25. The summed E-state index contributed by atoms with van der Waals surface area (Å²) in [6.45, 7) is -0.976. The summed E-state index contributed by atoms with van der Waals surface area (Å²) in [7, 11) is 0. The van der Waals surface area contributed by atoms with Crippen molar-refractivity contribution in [3.05, 3.63) is 0 Å². The van der Waals surface area contributed by atoms with Crippen LogP contribution in [0.1, 0.15) is 25.7 Å². The predicted octanol–water partition coefficient (Wildman–Crippen LogP) is -3.75. The van der Waals surface area contributed by atoms with Crippen LogP contribution in [0.5, 0.6) is 0 Å². The zero-order chi connectivity index (χ0) is 20.6. The molecule has 1 saturated heterocycles. The van der Waals surface area contributed by atoms with Crippen molar-refractivity contribution in [1.29, 1.82) is 0 Å². The van der Waals surface area contributed by atoms with Gasteiger partial charge in [0, 0.05) is 13.0 Å². The van der Waals surface area contributed by atoms with Gasteiger partial charge in [0.1, 0.15) is 24.7 Å². The van der Waals surface area contributed by atoms with Crippen LogP contribution in [0.25, 0.3) is 0 Å². The number of carboxylic acids is 1. The monoisotopic (exact) mass is 387 g/mol. The van der Waals surface area contributed by atoms with E-state index < -0.39 is 60.9 Å². The van der Waals surface area contributed by atoms with Crippen molar-refractivity contribution in [2.75, 3.05) is 19.7 Å². The van der Waals surface area contributed by atoms with E-state index in [1.54, 1.807) is 0 Å². The van der Waals surface area contributed by atoms with Gasteiger partial charge in [-0.2, -0.15) is 0 Å². The lowest BCUT2D eigenvalue weighted by Gasteiger charge is -2.29. The number of likely N-dealkylation sites (tertiary alicyclic amines) is 1. The van der Waals surface area contributed by atoms with Crippen LogP contribution in [0.3, 0.4) is 0 Å². The smallest absolute Gasteiger partial charge is 0.322 e. The number of rotatable bonds is 10. The first-order valence-corrected chi connectivity index (χ1v) is 8.42. The molecule has 1 aliphatic rings. The van der Waals surface area contributed by atoms with E-state index in [9.17, 15) is 24.0 Å². The second-order valence-electron chi connectivity index (χ2n) is 6.16. The van der Waals surface area contributed by atoms with Gasteiger partial charge in [-0.3, -0.25) is 24.0 Å². The fourth-order valence-corrected chi connectivity index (χ4v) is 2.69. The Hall–Kier alpha value is -2.73. The van der Waals surface area contributed by atoms with E-state index in [-0.39, 0.29) is 19.4 Å². The second kappa shape index (κ2) is 10.4. The van der Waals surface area contributed by atoms with Crippen LogP contribution >= 0.6 is 0 Å². The number of amides is 4. The van der Waals surface area contributed by atoms with Crippen LogP contribution in [0, 0.1) is 0 Å². The molecule has 12 nitrogen and oxygen atoms in total. The quantitative estimate of drug-likeness (QED) is 0.219. The molecule has 0 spiro atoms. The van der Waals surface area contributed by atoms with Gasteiger partial charge in [0.25, 0.3) is 0 Å². The van der Waals surface area contributed by atoms with E-state index in [2.05, 4.69) is 10.6 Å². The van der Waals surface area contributed by atoms with Crippen molar-refractivity contribution < 1.29 is 34.2 Å². The second-order valence-corrected chi connectivity index (χ2v) is 6.16. The summed E-state index contributed by atoms with van der Waals surface area (Å²) in [6.07, 6.45) is 0.570. The van der Waals surface area contributed by atoms with Gasteiger partial charge < -0.3 is 37.2 Å². The Bertz CT molecular complexity index is 597. The molecule has 152 valence electrons. The van der Waals surface area contributed by atoms with Crippen molar-refractivity contribution in [2.45, 2.75) is 43.8 Å². The molecular weight excluding hydrogens is 362 g/mol. The molecule has 0 bridgehead atoms. The normalized spacial score (nSPS) is 18.4. The average molecular weight is 387 g/mol. The molecule has 1 rings (SSSR count). The van der Waals surface area contributed by atoms with Gasteiger partial charge in [-0.15, -0.1) is 0 Å². The molecule has 0 aromatic rings. The fraction of sp³-hybridized carbons (Fsp3) is 0.667. The van der Waals surface area contributed by atoms with Gasteiger partial charge in [0.2, 0.25) is 23.6 Å². The molecule has 8 N–H and O–H groups in total. The zero-order valence-electron chi connectivity index (χ0n) is 14.7. The number of hydrogen-bond acceptors (Lipinski definition) is 7. The first-order chi connectivity index (χ1) is 12.7. The molecule has 27 heavy (non-hydrogen) atoms. The number of primary amides is 1. The summed E-state index contributed by atoms with van der Waals surface area (Å²) in [4.78, 5) is 59.7. The molecule has 0 saturated carbocycles. The molecule has 0 aromatic heterocycles. The molecule has 0 radical (unpaired) electrons.